The molecule has 0 spiro atoms. The van der Waals surface area contributed by atoms with Crippen molar-refractivity contribution in [2.45, 2.75) is 52.0 Å². The van der Waals surface area contributed by atoms with Crippen LogP contribution in [0.25, 0.3) is 0 Å². The lowest BCUT2D eigenvalue weighted by atomic mass is 10.1. The van der Waals surface area contributed by atoms with Crippen molar-refractivity contribution in [2.75, 3.05) is 13.1 Å². The summed E-state index contributed by atoms with van der Waals surface area (Å²) in [5, 5.41) is 6.39. The molecule has 1 aliphatic rings. The molecule has 1 amide bonds. The van der Waals surface area contributed by atoms with Crippen molar-refractivity contribution < 1.29 is 4.79 Å². The molecule has 88 valence electrons. The maximum absolute atomic E-state index is 11.4. The third-order valence-corrected chi connectivity index (χ3v) is 2.92. The normalized spacial score (nSPS) is 17.5. The van der Waals surface area contributed by atoms with Gasteiger partial charge in [-0.25, -0.2) is 0 Å². The van der Waals surface area contributed by atoms with E-state index >= 15 is 0 Å². The first-order chi connectivity index (χ1) is 7.22. The van der Waals surface area contributed by atoms with Crippen molar-refractivity contribution in [3.05, 3.63) is 0 Å². The van der Waals surface area contributed by atoms with Gasteiger partial charge in [0.15, 0.2) is 0 Å². The van der Waals surface area contributed by atoms with Gasteiger partial charge >= 0.3 is 0 Å². The molecule has 1 unspecified atom stereocenters. The van der Waals surface area contributed by atoms with E-state index in [0.717, 1.165) is 32.0 Å². The Hall–Kier alpha value is -0.570. The molecular formula is C12H24N2O. The largest absolute Gasteiger partial charge is 0.356 e. The van der Waals surface area contributed by atoms with Crippen molar-refractivity contribution in [3.63, 3.8) is 0 Å². The third-order valence-electron chi connectivity index (χ3n) is 2.92. The number of hydrogen-bond donors (Lipinski definition) is 2. The minimum absolute atomic E-state index is 0.204. The summed E-state index contributed by atoms with van der Waals surface area (Å²) in [5.41, 5.74) is 0. The molecule has 1 rings (SSSR count). The van der Waals surface area contributed by atoms with Crippen LogP contribution in [0.5, 0.6) is 0 Å². The van der Waals surface area contributed by atoms with Crippen LogP contribution < -0.4 is 10.6 Å². The predicted molar refractivity (Wildman–Crippen MR) is 62.7 cm³/mol. The van der Waals surface area contributed by atoms with Gasteiger partial charge in [-0.15, -0.1) is 0 Å². The topological polar surface area (TPSA) is 41.1 Å². The van der Waals surface area contributed by atoms with Gasteiger partial charge in [0.25, 0.3) is 0 Å². The van der Waals surface area contributed by atoms with E-state index in [9.17, 15) is 4.79 Å². The van der Waals surface area contributed by atoms with Gasteiger partial charge in [0, 0.05) is 19.0 Å². The van der Waals surface area contributed by atoms with Crippen LogP contribution in [-0.2, 0) is 4.79 Å². The molecule has 1 fully saturated rings. The smallest absolute Gasteiger partial charge is 0.220 e. The van der Waals surface area contributed by atoms with Gasteiger partial charge in [0.1, 0.15) is 0 Å². The molecule has 1 aliphatic carbocycles. The lowest BCUT2D eigenvalue weighted by Gasteiger charge is -2.09. The van der Waals surface area contributed by atoms with Crippen LogP contribution in [0.4, 0.5) is 0 Å². The zero-order chi connectivity index (χ0) is 11.1. The van der Waals surface area contributed by atoms with Crippen molar-refractivity contribution in [1.29, 1.82) is 0 Å². The van der Waals surface area contributed by atoms with Gasteiger partial charge in [-0.3, -0.25) is 4.79 Å². The molecule has 0 heterocycles. The van der Waals surface area contributed by atoms with Crippen LogP contribution in [0.1, 0.15) is 46.0 Å². The predicted octanol–water partition coefficient (Wildman–Crippen LogP) is 1.68. The first-order valence-electron chi connectivity index (χ1n) is 6.22. The van der Waals surface area contributed by atoms with Crippen LogP contribution in [0, 0.1) is 5.92 Å². The molecule has 1 atom stereocenters. The Kier molecular flexibility index (Phi) is 5.69. The zero-order valence-electron chi connectivity index (χ0n) is 10.0. The quantitative estimate of drug-likeness (QED) is 0.601. The molecule has 1 saturated carbocycles. The first-order valence-corrected chi connectivity index (χ1v) is 6.22. The standard InChI is InChI=1S/C12H24N2O/c1-3-10(2)9-12(15)14-8-4-7-13-11-5-6-11/h10-11,13H,3-9H2,1-2H3,(H,14,15). The molecule has 3 heteroatoms. The lowest BCUT2D eigenvalue weighted by molar-refractivity contribution is -0.121. The minimum atomic E-state index is 0.204. The van der Waals surface area contributed by atoms with Crippen molar-refractivity contribution >= 4 is 5.91 Å². The summed E-state index contributed by atoms with van der Waals surface area (Å²) in [4.78, 5) is 11.4. The monoisotopic (exact) mass is 212 g/mol. The highest BCUT2D eigenvalue weighted by molar-refractivity contribution is 5.76. The number of rotatable bonds is 8. The molecule has 0 radical (unpaired) electrons. The fourth-order valence-electron chi connectivity index (χ4n) is 1.44. The Morgan fingerprint density at radius 2 is 2.13 bits per heavy atom. The SMILES string of the molecule is CCC(C)CC(=O)NCCCNC1CC1. The summed E-state index contributed by atoms with van der Waals surface area (Å²) in [7, 11) is 0. The van der Waals surface area contributed by atoms with Crippen molar-refractivity contribution in [1.82, 2.24) is 10.6 Å². The fraction of sp³-hybridized carbons (Fsp3) is 0.917. The molecule has 2 N–H and O–H groups in total. The highest BCUT2D eigenvalue weighted by Gasteiger charge is 2.19. The summed E-state index contributed by atoms with van der Waals surface area (Å²) in [5.74, 6) is 0.713. The first kappa shape index (κ1) is 12.5. The van der Waals surface area contributed by atoms with Gasteiger partial charge in [-0.1, -0.05) is 20.3 Å². The van der Waals surface area contributed by atoms with E-state index in [0.29, 0.717) is 12.3 Å². The molecular weight excluding hydrogens is 188 g/mol. The van der Waals surface area contributed by atoms with Gasteiger partial charge in [-0.2, -0.15) is 0 Å². The van der Waals surface area contributed by atoms with E-state index in [2.05, 4.69) is 24.5 Å². The second-order valence-electron chi connectivity index (χ2n) is 4.65. The summed E-state index contributed by atoms with van der Waals surface area (Å²) < 4.78 is 0. The second-order valence-corrected chi connectivity index (χ2v) is 4.65. The molecule has 0 aromatic rings. The zero-order valence-corrected chi connectivity index (χ0v) is 10.0. The number of hydrogen-bond acceptors (Lipinski definition) is 2. The van der Waals surface area contributed by atoms with Crippen LogP contribution in [-0.4, -0.2) is 25.0 Å². The molecule has 3 nitrogen and oxygen atoms in total. The lowest BCUT2D eigenvalue weighted by Crippen LogP contribution is -2.28. The maximum atomic E-state index is 11.4. The Bertz CT molecular complexity index is 190. The summed E-state index contributed by atoms with van der Waals surface area (Å²) in [6.07, 6.45) is 5.46. The second kappa shape index (κ2) is 6.83. The van der Waals surface area contributed by atoms with Crippen LogP contribution >= 0.6 is 0 Å². The maximum Gasteiger partial charge on any atom is 0.220 e. The molecule has 0 saturated heterocycles. The van der Waals surface area contributed by atoms with E-state index in [1.165, 1.54) is 12.8 Å². The van der Waals surface area contributed by atoms with Crippen molar-refractivity contribution in [3.8, 4) is 0 Å². The molecule has 15 heavy (non-hydrogen) atoms. The Morgan fingerprint density at radius 3 is 2.73 bits per heavy atom. The Labute approximate surface area is 93.0 Å². The fourth-order valence-corrected chi connectivity index (χ4v) is 1.44. The molecule has 0 aromatic carbocycles. The Morgan fingerprint density at radius 1 is 1.40 bits per heavy atom. The summed E-state index contributed by atoms with van der Waals surface area (Å²) in [6, 6.07) is 0.779. The molecule has 0 aliphatic heterocycles. The number of amides is 1. The summed E-state index contributed by atoms with van der Waals surface area (Å²) in [6.45, 7) is 6.09. The Balaban J connectivity index is 1.87. The van der Waals surface area contributed by atoms with E-state index in [4.69, 9.17) is 0 Å². The third kappa shape index (κ3) is 6.50. The molecule has 0 bridgehead atoms. The van der Waals surface area contributed by atoms with Crippen molar-refractivity contribution in [2.24, 2.45) is 5.92 Å². The van der Waals surface area contributed by atoms with E-state index in [1.54, 1.807) is 0 Å². The van der Waals surface area contributed by atoms with Crippen LogP contribution in [0.15, 0.2) is 0 Å². The molecule has 0 aromatic heterocycles. The van der Waals surface area contributed by atoms with Gasteiger partial charge in [0.2, 0.25) is 5.91 Å². The number of carbonyl (C=O) groups excluding carboxylic acids is 1. The van der Waals surface area contributed by atoms with Crippen LogP contribution in [0.2, 0.25) is 0 Å². The van der Waals surface area contributed by atoms with E-state index in [1.807, 2.05) is 0 Å². The van der Waals surface area contributed by atoms with Gasteiger partial charge in [0.05, 0.1) is 0 Å². The number of carbonyl (C=O) groups is 1. The number of nitrogens with one attached hydrogen (secondary N) is 2. The van der Waals surface area contributed by atoms with E-state index in [-0.39, 0.29) is 5.91 Å². The highest BCUT2D eigenvalue weighted by atomic mass is 16.1. The van der Waals surface area contributed by atoms with Crippen LogP contribution in [0.3, 0.4) is 0 Å². The van der Waals surface area contributed by atoms with Gasteiger partial charge < -0.3 is 10.6 Å². The average Bonchev–Trinajstić information content (AvgIpc) is 3.01. The van der Waals surface area contributed by atoms with Gasteiger partial charge in [-0.05, 0) is 31.7 Å². The van der Waals surface area contributed by atoms with E-state index < -0.39 is 0 Å². The highest BCUT2D eigenvalue weighted by Crippen LogP contribution is 2.18. The average molecular weight is 212 g/mol. The minimum Gasteiger partial charge on any atom is -0.356 e. The summed E-state index contributed by atoms with van der Waals surface area (Å²) >= 11 is 0.